The van der Waals surface area contributed by atoms with Gasteiger partial charge in [-0.15, -0.1) is 11.3 Å². The molecule has 6 heteroatoms. The first kappa shape index (κ1) is 11.9. The van der Waals surface area contributed by atoms with Crippen LogP contribution in [0.1, 0.15) is 29.3 Å². The quantitative estimate of drug-likeness (QED) is 0.880. The van der Waals surface area contributed by atoms with E-state index in [0.717, 1.165) is 54.8 Å². The van der Waals surface area contributed by atoms with Crippen LogP contribution in [0, 0.1) is 0 Å². The molecule has 0 spiro atoms. The number of carbonyl (C=O) groups is 1. The van der Waals surface area contributed by atoms with Gasteiger partial charge in [0, 0.05) is 18.0 Å². The van der Waals surface area contributed by atoms with Gasteiger partial charge in [-0.1, -0.05) is 0 Å². The number of aromatic nitrogens is 1. The van der Waals surface area contributed by atoms with E-state index in [1.807, 2.05) is 0 Å². The molecular weight excluding hydrogens is 252 g/mol. The van der Waals surface area contributed by atoms with Crippen LogP contribution in [0.2, 0.25) is 0 Å². The van der Waals surface area contributed by atoms with Crippen LogP contribution in [0.5, 0.6) is 0 Å². The molecule has 3 rings (SSSR count). The Hall–Kier alpha value is -1.14. The molecule has 2 heterocycles. The molecule has 1 atom stereocenters. The molecule has 1 aliphatic carbocycles. The summed E-state index contributed by atoms with van der Waals surface area (Å²) in [5, 5.41) is 10.2. The Morgan fingerprint density at radius 2 is 2.22 bits per heavy atom. The van der Waals surface area contributed by atoms with Crippen LogP contribution in [0.25, 0.3) is 0 Å². The lowest BCUT2D eigenvalue weighted by Gasteiger charge is -2.26. The smallest absolute Gasteiger partial charge is 0.312 e. The van der Waals surface area contributed by atoms with Gasteiger partial charge >= 0.3 is 5.97 Å². The standard InChI is InChI=1S/C12H16N2O3S/c15-11(16)8-2-1-3-9-10(8)13-12(18-9)14-4-6-17-7-5-14/h8H,1-7H2,(H,15,16). The Bertz CT molecular complexity index is 454. The Labute approximate surface area is 109 Å². The van der Waals surface area contributed by atoms with Crippen LogP contribution < -0.4 is 4.90 Å². The van der Waals surface area contributed by atoms with Crippen LogP contribution in [0.3, 0.4) is 0 Å². The van der Waals surface area contributed by atoms with E-state index >= 15 is 0 Å². The minimum Gasteiger partial charge on any atom is -0.481 e. The van der Waals surface area contributed by atoms with Crippen molar-refractivity contribution in [2.75, 3.05) is 31.2 Å². The van der Waals surface area contributed by atoms with E-state index < -0.39 is 11.9 Å². The molecule has 2 aliphatic rings. The number of hydrogen-bond acceptors (Lipinski definition) is 5. The molecule has 1 fully saturated rings. The van der Waals surface area contributed by atoms with E-state index in [0.29, 0.717) is 6.42 Å². The molecule has 1 aromatic rings. The van der Waals surface area contributed by atoms with Crippen molar-refractivity contribution in [3.05, 3.63) is 10.6 Å². The van der Waals surface area contributed by atoms with E-state index in [1.165, 1.54) is 0 Å². The van der Waals surface area contributed by atoms with Crippen LogP contribution in [0.4, 0.5) is 5.13 Å². The minimum absolute atomic E-state index is 0.403. The van der Waals surface area contributed by atoms with Crippen LogP contribution in [0.15, 0.2) is 0 Å². The first-order valence-corrected chi connectivity index (χ1v) is 7.12. The predicted octanol–water partition coefficient (Wildman–Crippen LogP) is 1.48. The normalized spacial score (nSPS) is 23.8. The summed E-state index contributed by atoms with van der Waals surface area (Å²) < 4.78 is 5.32. The molecule has 18 heavy (non-hydrogen) atoms. The highest BCUT2D eigenvalue weighted by Crippen LogP contribution is 2.38. The highest BCUT2D eigenvalue weighted by atomic mass is 32.1. The molecule has 1 aromatic heterocycles. The Balaban J connectivity index is 1.88. The van der Waals surface area contributed by atoms with E-state index in [2.05, 4.69) is 9.88 Å². The summed E-state index contributed by atoms with van der Waals surface area (Å²) >= 11 is 1.66. The summed E-state index contributed by atoms with van der Waals surface area (Å²) in [6, 6.07) is 0. The summed E-state index contributed by atoms with van der Waals surface area (Å²) in [4.78, 5) is 19.2. The first-order chi connectivity index (χ1) is 8.75. The molecule has 1 N–H and O–H groups in total. The van der Waals surface area contributed by atoms with Gasteiger partial charge in [0.15, 0.2) is 5.13 Å². The molecule has 1 saturated heterocycles. The Kier molecular flexibility index (Phi) is 3.22. The zero-order valence-electron chi connectivity index (χ0n) is 10.1. The van der Waals surface area contributed by atoms with Crippen LogP contribution in [-0.2, 0) is 16.0 Å². The van der Waals surface area contributed by atoms with Crippen molar-refractivity contribution in [3.63, 3.8) is 0 Å². The number of fused-ring (bicyclic) bond motifs is 1. The lowest BCUT2D eigenvalue weighted by Crippen LogP contribution is -2.36. The van der Waals surface area contributed by atoms with Gasteiger partial charge in [-0.3, -0.25) is 4.79 Å². The zero-order valence-corrected chi connectivity index (χ0v) is 10.9. The predicted molar refractivity (Wildman–Crippen MR) is 68.5 cm³/mol. The second kappa shape index (κ2) is 4.85. The molecule has 0 amide bonds. The number of anilines is 1. The fraction of sp³-hybridized carbons (Fsp3) is 0.667. The van der Waals surface area contributed by atoms with E-state index in [-0.39, 0.29) is 0 Å². The molecule has 0 radical (unpaired) electrons. The van der Waals surface area contributed by atoms with E-state index in [1.54, 1.807) is 11.3 Å². The third-order valence-electron chi connectivity index (χ3n) is 3.52. The first-order valence-electron chi connectivity index (χ1n) is 6.31. The fourth-order valence-electron chi connectivity index (χ4n) is 2.54. The SMILES string of the molecule is O=C(O)C1CCCc2sc(N3CCOCC3)nc21. The number of carboxylic acids is 1. The number of hydrogen-bond donors (Lipinski definition) is 1. The maximum absolute atomic E-state index is 11.2. The van der Waals surface area contributed by atoms with Gasteiger partial charge in [0.25, 0.3) is 0 Å². The molecule has 1 unspecified atom stereocenters. The van der Waals surface area contributed by atoms with Gasteiger partial charge in [0.1, 0.15) is 5.92 Å². The molecule has 1 aliphatic heterocycles. The topological polar surface area (TPSA) is 62.7 Å². The number of thiazole rings is 1. The average Bonchev–Trinajstić information content (AvgIpc) is 2.83. The molecule has 0 bridgehead atoms. The van der Waals surface area contributed by atoms with Crippen molar-refractivity contribution in [2.24, 2.45) is 0 Å². The van der Waals surface area contributed by atoms with E-state index in [9.17, 15) is 9.90 Å². The van der Waals surface area contributed by atoms with Crippen molar-refractivity contribution in [2.45, 2.75) is 25.2 Å². The van der Waals surface area contributed by atoms with Crippen molar-refractivity contribution in [3.8, 4) is 0 Å². The van der Waals surface area contributed by atoms with Crippen molar-refractivity contribution < 1.29 is 14.6 Å². The lowest BCUT2D eigenvalue weighted by atomic mass is 9.91. The molecule has 0 saturated carbocycles. The lowest BCUT2D eigenvalue weighted by molar-refractivity contribution is -0.139. The Morgan fingerprint density at radius 1 is 1.44 bits per heavy atom. The highest BCUT2D eigenvalue weighted by Gasteiger charge is 2.31. The van der Waals surface area contributed by atoms with Gasteiger partial charge in [0.05, 0.1) is 18.9 Å². The molecule has 0 aromatic carbocycles. The van der Waals surface area contributed by atoms with Crippen molar-refractivity contribution in [1.29, 1.82) is 0 Å². The summed E-state index contributed by atoms with van der Waals surface area (Å²) in [6.45, 7) is 3.16. The Morgan fingerprint density at radius 3 is 2.94 bits per heavy atom. The van der Waals surface area contributed by atoms with Crippen LogP contribution in [-0.4, -0.2) is 42.4 Å². The number of nitrogens with zero attached hydrogens (tertiary/aromatic N) is 2. The minimum atomic E-state index is -0.741. The third-order valence-corrected chi connectivity index (χ3v) is 4.71. The highest BCUT2D eigenvalue weighted by molar-refractivity contribution is 7.15. The van der Waals surface area contributed by atoms with Gasteiger partial charge in [-0.2, -0.15) is 0 Å². The summed E-state index contributed by atoms with van der Waals surface area (Å²) in [7, 11) is 0. The fourth-order valence-corrected chi connectivity index (χ4v) is 3.75. The number of ether oxygens (including phenoxy) is 1. The van der Waals surface area contributed by atoms with Gasteiger partial charge in [-0.05, 0) is 19.3 Å². The monoisotopic (exact) mass is 268 g/mol. The number of aliphatic carboxylic acids is 1. The molecule has 98 valence electrons. The third kappa shape index (κ3) is 2.10. The van der Waals surface area contributed by atoms with Crippen molar-refractivity contribution >= 4 is 22.4 Å². The average molecular weight is 268 g/mol. The van der Waals surface area contributed by atoms with Gasteiger partial charge in [-0.25, -0.2) is 4.98 Å². The second-order valence-corrected chi connectivity index (χ2v) is 5.75. The number of aryl methyl sites for hydroxylation is 1. The molecular formula is C12H16N2O3S. The largest absolute Gasteiger partial charge is 0.481 e. The summed E-state index contributed by atoms with van der Waals surface area (Å²) in [5.74, 6) is -1.14. The number of carboxylic acid groups (broad SMARTS) is 1. The number of rotatable bonds is 2. The van der Waals surface area contributed by atoms with E-state index in [4.69, 9.17) is 4.74 Å². The van der Waals surface area contributed by atoms with Gasteiger partial charge in [0.2, 0.25) is 0 Å². The maximum Gasteiger partial charge on any atom is 0.312 e. The van der Waals surface area contributed by atoms with Crippen molar-refractivity contribution in [1.82, 2.24) is 4.98 Å². The zero-order chi connectivity index (χ0) is 12.5. The second-order valence-electron chi connectivity index (χ2n) is 4.69. The maximum atomic E-state index is 11.2. The summed E-state index contributed by atoms with van der Waals surface area (Å²) in [6.07, 6.45) is 2.64. The summed E-state index contributed by atoms with van der Waals surface area (Å²) in [5.41, 5.74) is 0.806. The van der Waals surface area contributed by atoms with Crippen LogP contribution >= 0.6 is 11.3 Å². The van der Waals surface area contributed by atoms with Gasteiger partial charge < -0.3 is 14.7 Å². The number of morpholine rings is 1. The molecule has 5 nitrogen and oxygen atoms in total.